The number of nitrogens with zero attached hydrogens (tertiary/aromatic N) is 5. The summed E-state index contributed by atoms with van der Waals surface area (Å²) in [5.41, 5.74) is 0. The van der Waals surface area contributed by atoms with Crippen LogP contribution in [0.1, 0.15) is 50.2 Å². The molecule has 1 saturated carbocycles. The van der Waals surface area contributed by atoms with Gasteiger partial charge in [0.2, 0.25) is 10.0 Å². The van der Waals surface area contributed by atoms with Crippen molar-refractivity contribution in [3.8, 4) is 0 Å². The van der Waals surface area contributed by atoms with E-state index in [0.717, 1.165) is 6.61 Å². The Morgan fingerprint density at radius 1 is 1.26 bits per heavy atom. The van der Waals surface area contributed by atoms with E-state index < -0.39 is 10.0 Å². The number of aryl methyl sites for hydroxylation is 1. The smallest absolute Gasteiger partial charge is 0.252 e. The van der Waals surface area contributed by atoms with Crippen LogP contribution in [0.15, 0.2) is 21.8 Å². The van der Waals surface area contributed by atoms with Gasteiger partial charge in [-0.2, -0.15) is 14.4 Å². The average molecular weight is 395 g/mol. The van der Waals surface area contributed by atoms with Gasteiger partial charge in [-0.05, 0) is 38.5 Å². The fourth-order valence-corrected chi connectivity index (χ4v) is 4.67. The van der Waals surface area contributed by atoms with Gasteiger partial charge in [0, 0.05) is 31.7 Å². The standard InChI is InChI=1S/C17H25N5O4S/c1-2-21-10-15(9-18-21)27(23,24)22-7-5-14(6-8-22)17-19-16(26-20-17)12-25-11-13-3-4-13/h9-10,13-14H,2-8,11-12H2,1H3. The van der Waals surface area contributed by atoms with Gasteiger partial charge < -0.3 is 9.26 Å². The fourth-order valence-electron chi connectivity index (χ4n) is 3.24. The first kappa shape index (κ1) is 18.6. The third-order valence-electron chi connectivity index (χ3n) is 5.15. The molecule has 0 N–H and O–H groups in total. The normalized spacial score (nSPS) is 19.6. The second-order valence-electron chi connectivity index (χ2n) is 7.21. The molecule has 2 fully saturated rings. The number of ether oxygens (including phenoxy) is 1. The number of aromatic nitrogens is 4. The van der Waals surface area contributed by atoms with E-state index in [1.165, 1.54) is 23.3 Å². The average Bonchev–Trinajstić information content (AvgIpc) is 3.18. The fraction of sp³-hybridized carbons (Fsp3) is 0.706. The van der Waals surface area contributed by atoms with Crippen LogP contribution in [0.3, 0.4) is 0 Å². The van der Waals surface area contributed by atoms with Gasteiger partial charge in [-0.3, -0.25) is 4.68 Å². The molecule has 1 aliphatic heterocycles. The first-order valence-corrected chi connectivity index (χ1v) is 10.9. The Hall–Kier alpha value is -1.78. The van der Waals surface area contributed by atoms with Gasteiger partial charge in [-0.1, -0.05) is 5.16 Å². The van der Waals surface area contributed by atoms with Crippen molar-refractivity contribution in [1.82, 2.24) is 24.2 Å². The lowest BCUT2D eigenvalue weighted by Crippen LogP contribution is -2.38. The molecule has 2 aliphatic rings. The maximum Gasteiger partial charge on any atom is 0.252 e. The molecule has 3 heterocycles. The second kappa shape index (κ2) is 7.69. The molecule has 0 spiro atoms. The molecule has 0 atom stereocenters. The summed E-state index contributed by atoms with van der Waals surface area (Å²) in [6.07, 6.45) is 6.82. The lowest BCUT2D eigenvalue weighted by molar-refractivity contribution is 0.0894. The Morgan fingerprint density at radius 3 is 2.70 bits per heavy atom. The molecular formula is C17H25N5O4S. The number of rotatable bonds is 8. The molecule has 9 nitrogen and oxygen atoms in total. The molecule has 10 heteroatoms. The summed E-state index contributed by atoms with van der Waals surface area (Å²) >= 11 is 0. The highest BCUT2D eigenvalue weighted by atomic mass is 32.2. The van der Waals surface area contributed by atoms with Crippen molar-refractivity contribution in [2.75, 3.05) is 19.7 Å². The van der Waals surface area contributed by atoms with Crippen LogP contribution in [0.25, 0.3) is 0 Å². The van der Waals surface area contributed by atoms with Crippen molar-refractivity contribution >= 4 is 10.0 Å². The molecule has 0 amide bonds. The molecule has 0 bridgehead atoms. The summed E-state index contributed by atoms with van der Waals surface area (Å²) in [5.74, 6) is 1.95. The number of hydrogen-bond donors (Lipinski definition) is 0. The van der Waals surface area contributed by atoms with Crippen molar-refractivity contribution in [3.05, 3.63) is 24.1 Å². The molecule has 27 heavy (non-hydrogen) atoms. The molecule has 1 aliphatic carbocycles. The van der Waals surface area contributed by atoms with Gasteiger partial charge in [0.05, 0.1) is 12.8 Å². The van der Waals surface area contributed by atoms with E-state index in [1.807, 2.05) is 6.92 Å². The maximum absolute atomic E-state index is 12.7. The predicted molar refractivity (Wildman–Crippen MR) is 95.3 cm³/mol. The largest absolute Gasteiger partial charge is 0.371 e. The summed E-state index contributed by atoms with van der Waals surface area (Å²) in [4.78, 5) is 4.67. The lowest BCUT2D eigenvalue weighted by atomic mass is 9.98. The molecule has 2 aromatic heterocycles. The molecule has 1 saturated heterocycles. The minimum absolute atomic E-state index is 0.107. The summed E-state index contributed by atoms with van der Waals surface area (Å²) in [5, 5.41) is 8.13. The summed E-state index contributed by atoms with van der Waals surface area (Å²) < 4.78 is 39.5. The Labute approximate surface area is 158 Å². The second-order valence-corrected chi connectivity index (χ2v) is 9.15. The minimum Gasteiger partial charge on any atom is -0.371 e. The highest BCUT2D eigenvalue weighted by molar-refractivity contribution is 7.89. The Kier molecular flexibility index (Phi) is 5.29. The van der Waals surface area contributed by atoms with Crippen LogP contribution in [-0.4, -0.2) is 52.3 Å². The van der Waals surface area contributed by atoms with E-state index >= 15 is 0 Å². The van der Waals surface area contributed by atoms with Crippen molar-refractivity contribution < 1.29 is 17.7 Å². The van der Waals surface area contributed by atoms with Crippen LogP contribution < -0.4 is 0 Å². The van der Waals surface area contributed by atoms with Gasteiger partial charge in [-0.25, -0.2) is 8.42 Å². The minimum atomic E-state index is -3.50. The quantitative estimate of drug-likeness (QED) is 0.671. The molecule has 148 valence electrons. The lowest BCUT2D eigenvalue weighted by Gasteiger charge is -2.29. The van der Waals surface area contributed by atoms with Crippen molar-refractivity contribution in [3.63, 3.8) is 0 Å². The third-order valence-corrected chi connectivity index (χ3v) is 7.00. The SMILES string of the molecule is CCn1cc(S(=O)(=O)N2CCC(c3noc(COCC4CC4)n3)CC2)cn1. The highest BCUT2D eigenvalue weighted by Crippen LogP contribution is 2.30. The van der Waals surface area contributed by atoms with E-state index in [9.17, 15) is 8.42 Å². The van der Waals surface area contributed by atoms with Gasteiger partial charge in [0.15, 0.2) is 5.82 Å². The zero-order valence-corrected chi connectivity index (χ0v) is 16.3. The Morgan fingerprint density at radius 2 is 2.04 bits per heavy atom. The topological polar surface area (TPSA) is 103 Å². The number of sulfonamides is 1. The first-order chi connectivity index (χ1) is 13.1. The van der Waals surface area contributed by atoms with Crippen LogP contribution in [0.2, 0.25) is 0 Å². The molecule has 0 unspecified atom stereocenters. The van der Waals surface area contributed by atoms with Crippen molar-refractivity contribution in [2.45, 2.75) is 56.6 Å². The summed E-state index contributed by atoms with van der Waals surface area (Å²) in [7, 11) is -3.50. The van der Waals surface area contributed by atoms with Gasteiger partial charge in [0.1, 0.15) is 11.5 Å². The zero-order chi connectivity index (χ0) is 18.9. The Bertz CT molecular complexity index is 866. The predicted octanol–water partition coefficient (Wildman–Crippen LogP) is 1.78. The summed E-state index contributed by atoms with van der Waals surface area (Å²) in [6, 6.07) is 0. The number of hydrogen-bond acceptors (Lipinski definition) is 7. The van der Waals surface area contributed by atoms with E-state index in [0.29, 0.717) is 56.7 Å². The third kappa shape index (κ3) is 4.22. The van der Waals surface area contributed by atoms with Crippen molar-refractivity contribution in [2.24, 2.45) is 5.92 Å². The summed E-state index contributed by atoms with van der Waals surface area (Å²) in [6.45, 7) is 4.53. The van der Waals surface area contributed by atoms with Crippen LogP contribution >= 0.6 is 0 Å². The van der Waals surface area contributed by atoms with Gasteiger partial charge in [-0.15, -0.1) is 0 Å². The van der Waals surface area contributed by atoms with Crippen LogP contribution in [-0.2, 0) is 27.9 Å². The van der Waals surface area contributed by atoms with Gasteiger partial charge >= 0.3 is 0 Å². The monoisotopic (exact) mass is 395 g/mol. The molecule has 0 aromatic carbocycles. The molecule has 2 aromatic rings. The van der Waals surface area contributed by atoms with E-state index in [-0.39, 0.29) is 10.8 Å². The van der Waals surface area contributed by atoms with Crippen molar-refractivity contribution in [1.29, 1.82) is 0 Å². The molecular weight excluding hydrogens is 370 g/mol. The van der Waals surface area contributed by atoms with Gasteiger partial charge in [0.25, 0.3) is 5.89 Å². The Balaban J connectivity index is 1.32. The number of piperidine rings is 1. The molecule has 4 rings (SSSR count). The highest BCUT2D eigenvalue weighted by Gasteiger charge is 2.32. The van der Waals surface area contributed by atoms with Crippen LogP contribution in [0.4, 0.5) is 0 Å². The maximum atomic E-state index is 12.7. The van der Waals surface area contributed by atoms with Crippen LogP contribution in [0, 0.1) is 5.92 Å². The van der Waals surface area contributed by atoms with Crippen LogP contribution in [0.5, 0.6) is 0 Å². The molecule has 0 radical (unpaired) electrons. The van der Waals surface area contributed by atoms with E-state index in [2.05, 4.69) is 15.2 Å². The van der Waals surface area contributed by atoms with E-state index in [4.69, 9.17) is 9.26 Å². The first-order valence-electron chi connectivity index (χ1n) is 9.49. The van der Waals surface area contributed by atoms with E-state index in [1.54, 1.807) is 10.9 Å². The zero-order valence-electron chi connectivity index (χ0n) is 15.5.